The lowest BCUT2D eigenvalue weighted by Gasteiger charge is -2.21. The molecule has 0 aromatic heterocycles. The Kier molecular flexibility index (Phi) is 5.94. The normalized spacial score (nSPS) is 10.7. The Morgan fingerprint density at radius 1 is 1.36 bits per heavy atom. The van der Waals surface area contributed by atoms with Crippen LogP contribution in [0.4, 0.5) is 0 Å². The van der Waals surface area contributed by atoms with E-state index in [0.29, 0.717) is 19.4 Å². The van der Waals surface area contributed by atoms with Crippen molar-refractivity contribution in [3.05, 3.63) is 0 Å². The molecule has 0 saturated carbocycles. The first-order valence-electron chi connectivity index (χ1n) is 5.36. The smallest absolute Gasteiger partial charge is 0.240 e. The number of nitriles is 1. The number of amides is 1. The molecular weight excluding hydrogens is 176 g/mol. The maximum atomic E-state index is 11.7. The molecule has 0 radical (unpaired) electrons. The second kappa shape index (κ2) is 6.42. The second-order valence-electron chi connectivity index (χ2n) is 3.51. The molecule has 0 fully saturated rings. The van der Waals surface area contributed by atoms with Gasteiger partial charge in [0.25, 0.3) is 0 Å². The molecule has 0 aliphatic carbocycles. The van der Waals surface area contributed by atoms with E-state index in [2.05, 4.69) is 18.3 Å². The van der Waals surface area contributed by atoms with E-state index in [9.17, 15) is 4.79 Å². The van der Waals surface area contributed by atoms with E-state index < -0.39 is 5.41 Å². The summed E-state index contributed by atoms with van der Waals surface area (Å²) in [5.41, 5.74) is -0.812. The summed E-state index contributed by atoms with van der Waals surface area (Å²) in [6.07, 6.45) is 3.19. The van der Waals surface area contributed by atoms with Crippen molar-refractivity contribution in [1.29, 1.82) is 5.26 Å². The highest BCUT2D eigenvalue weighted by Crippen LogP contribution is 2.25. The van der Waals surface area contributed by atoms with Crippen molar-refractivity contribution in [2.75, 3.05) is 6.54 Å². The van der Waals surface area contributed by atoms with Gasteiger partial charge >= 0.3 is 0 Å². The molecule has 0 unspecified atom stereocenters. The summed E-state index contributed by atoms with van der Waals surface area (Å²) in [5.74, 6) is -0.113. The van der Waals surface area contributed by atoms with Crippen LogP contribution in [0.1, 0.15) is 46.5 Å². The number of nitrogens with zero attached hydrogens (tertiary/aromatic N) is 1. The van der Waals surface area contributed by atoms with E-state index in [0.717, 1.165) is 12.8 Å². The zero-order valence-electron chi connectivity index (χ0n) is 9.39. The molecule has 0 spiro atoms. The summed E-state index contributed by atoms with van der Waals surface area (Å²) < 4.78 is 0. The van der Waals surface area contributed by atoms with Crippen molar-refractivity contribution in [2.24, 2.45) is 5.41 Å². The van der Waals surface area contributed by atoms with Crippen molar-refractivity contribution in [1.82, 2.24) is 5.32 Å². The number of nitrogens with one attached hydrogen (secondary N) is 1. The molecule has 0 bridgehead atoms. The standard InChI is InChI=1S/C11H20N2O/c1-4-7-8-13-10(14)11(5-2,6-3)9-12/h4-8H2,1-3H3,(H,13,14). The fourth-order valence-electron chi connectivity index (χ4n) is 1.33. The number of rotatable bonds is 6. The van der Waals surface area contributed by atoms with Gasteiger partial charge in [0.15, 0.2) is 0 Å². The van der Waals surface area contributed by atoms with Gasteiger partial charge in [0.2, 0.25) is 5.91 Å². The zero-order chi connectivity index (χ0) is 11.0. The summed E-state index contributed by atoms with van der Waals surface area (Å²) in [7, 11) is 0. The number of carbonyl (C=O) groups is 1. The first-order chi connectivity index (χ1) is 6.66. The Hall–Kier alpha value is -1.04. The quantitative estimate of drug-likeness (QED) is 0.662. The molecule has 0 atom stereocenters. The maximum absolute atomic E-state index is 11.7. The predicted molar refractivity (Wildman–Crippen MR) is 56.5 cm³/mol. The molecule has 1 amide bonds. The largest absolute Gasteiger partial charge is 0.355 e. The van der Waals surface area contributed by atoms with Gasteiger partial charge in [-0.2, -0.15) is 5.26 Å². The van der Waals surface area contributed by atoms with Crippen molar-refractivity contribution < 1.29 is 4.79 Å². The van der Waals surface area contributed by atoms with Gasteiger partial charge in [0.05, 0.1) is 6.07 Å². The van der Waals surface area contributed by atoms with Crippen molar-refractivity contribution in [2.45, 2.75) is 46.5 Å². The molecular formula is C11H20N2O. The summed E-state index contributed by atoms with van der Waals surface area (Å²) in [6.45, 7) is 6.51. The molecule has 0 heterocycles. The summed E-state index contributed by atoms with van der Waals surface area (Å²) in [5, 5.41) is 11.8. The van der Waals surface area contributed by atoms with E-state index in [1.165, 1.54) is 0 Å². The van der Waals surface area contributed by atoms with Crippen LogP contribution in [0.15, 0.2) is 0 Å². The highest BCUT2D eigenvalue weighted by Gasteiger charge is 2.34. The van der Waals surface area contributed by atoms with Gasteiger partial charge in [0.1, 0.15) is 5.41 Å². The van der Waals surface area contributed by atoms with Crippen LogP contribution in [0.2, 0.25) is 0 Å². The number of hydrogen-bond acceptors (Lipinski definition) is 2. The molecule has 80 valence electrons. The topological polar surface area (TPSA) is 52.9 Å². The Morgan fingerprint density at radius 3 is 2.29 bits per heavy atom. The molecule has 3 nitrogen and oxygen atoms in total. The van der Waals surface area contributed by atoms with E-state index in [1.807, 2.05) is 13.8 Å². The third kappa shape index (κ3) is 3.02. The lowest BCUT2D eigenvalue weighted by Crippen LogP contribution is -2.39. The van der Waals surface area contributed by atoms with Crippen LogP contribution in [-0.4, -0.2) is 12.5 Å². The highest BCUT2D eigenvalue weighted by molar-refractivity contribution is 5.85. The minimum absolute atomic E-state index is 0.113. The van der Waals surface area contributed by atoms with E-state index in [1.54, 1.807) is 0 Å². The highest BCUT2D eigenvalue weighted by atomic mass is 16.2. The number of unbranched alkanes of at least 4 members (excludes halogenated alkanes) is 1. The maximum Gasteiger partial charge on any atom is 0.240 e. The van der Waals surface area contributed by atoms with E-state index in [4.69, 9.17) is 5.26 Å². The average Bonchev–Trinajstić information content (AvgIpc) is 2.22. The Labute approximate surface area is 86.5 Å². The van der Waals surface area contributed by atoms with Gasteiger partial charge in [-0.15, -0.1) is 0 Å². The average molecular weight is 196 g/mol. The fourth-order valence-corrected chi connectivity index (χ4v) is 1.33. The van der Waals surface area contributed by atoms with Crippen molar-refractivity contribution in [3.8, 4) is 6.07 Å². The molecule has 1 N–H and O–H groups in total. The minimum atomic E-state index is -0.812. The Morgan fingerprint density at radius 2 is 1.93 bits per heavy atom. The number of hydrogen-bond donors (Lipinski definition) is 1. The predicted octanol–water partition coefficient (Wildman–Crippen LogP) is 2.23. The molecule has 14 heavy (non-hydrogen) atoms. The molecule has 0 aliphatic heterocycles. The van der Waals surface area contributed by atoms with Crippen molar-refractivity contribution >= 4 is 5.91 Å². The second-order valence-corrected chi connectivity index (χ2v) is 3.51. The van der Waals surface area contributed by atoms with Crippen LogP contribution in [0.25, 0.3) is 0 Å². The van der Waals surface area contributed by atoms with Gasteiger partial charge in [-0.05, 0) is 19.3 Å². The van der Waals surface area contributed by atoms with Gasteiger partial charge in [0, 0.05) is 6.54 Å². The van der Waals surface area contributed by atoms with Crippen LogP contribution < -0.4 is 5.32 Å². The van der Waals surface area contributed by atoms with Gasteiger partial charge in [-0.3, -0.25) is 4.79 Å². The Balaban J connectivity index is 4.25. The van der Waals surface area contributed by atoms with E-state index >= 15 is 0 Å². The van der Waals surface area contributed by atoms with Crippen LogP contribution in [0, 0.1) is 16.7 Å². The summed E-state index contributed by atoms with van der Waals surface area (Å²) >= 11 is 0. The third-order valence-corrected chi connectivity index (χ3v) is 2.67. The fraction of sp³-hybridized carbons (Fsp3) is 0.818. The van der Waals surface area contributed by atoms with Crippen LogP contribution in [0.3, 0.4) is 0 Å². The third-order valence-electron chi connectivity index (χ3n) is 2.67. The SMILES string of the molecule is CCCCNC(=O)C(C#N)(CC)CC. The van der Waals surface area contributed by atoms with Crippen LogP contribution in [-0.2, 0) is 4.79 Å². The van der Waals surface area contributed by atoms with Gasteiger partial charge in [-0.25, -0.2) is 0 Å². The molecule has 0 aliphatic rings. The van der Waals surface area contributed by atoms with Gasteiger partial charge < -0.3 is 5.32 Å². The molecule has 0 aromatic carbocycles. The first-order valence-corrected chi connectivity index (χ1v) is 5.36. The lowest BCUT2D eigenvalue weighted by atomic mass is 9.83. The zero-order valence-corrected chi connectivity index (χ0v) is 9.39. The van der Waals surface area contributed by atoms with Crippen LogP contribution >= 0.6 is 0 Å². The Bertz CT molecular complexity index is 214. The van der Waals surface area contributed by atoms with Crippen LogP contribution in [0.5, 0.6) is 0 Å². The molecule has 0 rings (SSSR count). The minimum Gasteiger partial charge on any atom is -0.355 e. The first kappa shape index (κ1) is 13.0. The lowest BCUT2D eigenvalue weighted by molar-refractivity contribution is -0.128. The monoisotopic (exact) mass is 196 g/mol. The summed E-state index contributed by atoms with van der Waals surface area (Å²) in [4.78, 5) is 11.7. The molecule has 0 aromatic rings. The molecule has 3 heteroatoms. The summed E-state index contributed by atoms with van der Waals surface area (Å²) in [6, 6.07) is 2.13. The number of carbonyl (C=O) groups excluding carboxylic acids is 1. The molecule has 0 saturated heterocycles. The van der Waals surface area contributed by atoms with Gasteiger partial charge in [-0.1, -0.05) is 27.2 Å². The van der Waals surface area contributed by atoms with E-state index in [-0.39, 0.29) is 5.91 Å². The van der Waals surface area contributed by atoms with Crippen molar-refractivity contribution in [3.63, 3.8) is 0 Å².